The van der Waals surface area contributed by atoms with Crippen LogP contribution in [-0.2, 0) is 9.09 Å². The molecule has 0 aromatic carbocycles. The lowest BCUT2D eigenvalue weighted by Crippen LogP contribution is -2.41. The molecule has 0 aromatic heterocycles. The lowest BCUT2D eigenvalue weighted by atomic mass is 9.95. The van der Waals surface area contributed by atoms with Gasteiger partial charge < -0.3 is 9.84 Å². The summed E-state index contributed by atoms with van der Waals surface area (Å²) in [6, 6.07) is 0. The van der Waals surface area contributed by atoms with Crippen molar-refractivity contribution in [2.24, 2.45) is 0 Å². The van der Waals surface area contributed by atoms with Crippen LogP contribution in [0.5, 0.6) is 0 Å². The van der Waals surface area contributed by atoms with Gasteiger partial charge in [-0.2, -0.15) is 0 Å². The van der Waals surface area contributed by atoms with E-state index in [4.69, 9.17) is 4.52 Å². The highest BCUT2D eigenvalue weighted by Gasteiger charge is 2.52. The Hall–Kier alpha value is 0.150. The molecular formula is C12H24NO2P. The van der Waals surface area contributed by atoms with E-state index in [0.29, 0.717) is 6.61 Å². The quantitative estimate of drug-likeness (QED) is 0.609. The Bertz CT molecular complexity index is 274. The maximum Gasteiger partial charge on any atom is 0.223 e. The van der Waals surface area contributed by atoms with Crippen LogP contribution in [0.3, 0.4) is 0 Å². The lowest BCUT2D eigenvalue weighted by molar-refractivity contribution is 0.259. The van der Waals surface area contributed by atoms with E-state index in [1.54, 1.807) is 0 Å². The number of rotatable bonds is 4. The predicted molar refractivity (Wildman–Crippen MR) is 67.2 cm³/mol. The molecule has 1 saturated carbocycles. The van der Waals surface area contributed by atoms with Crippen LogP contribution in [0.2, 0.25) is 0 Å². The van der Waals surface area contributed by atoms with Crippen LogP contribution < -0.4 is 5.32 Å². The first kappa shape index (κ1) is 12.6. The van der Waals surface area contributed by atoms with E-state index in [-0.39, 0.29) is 5.28 Å². The third-order valence-electron chi connectivity index (χ3n) is 3.99. The summed E-state index contributed by atoms with van der Waals surface area (Å²) >= 11 is 0. The molecule has 1 N–H and O–H groups in total. The molecule has 16 heavy (non-hydrogen) atoms. The molecule has 0 amide bonds. The molecule has 1 saturated heterocycles. The monoisotopic (exact) mass is 245 g/mol. The summed E-state index contributed by atoms with van der Waals surface area (Å²) in [5, 5.41) is 3.36. The van der Waals surface area contributed by atoms with Gasteiger partial charge >= 0.3 is 0 Å². The molecule has 94 valence electrons. The summed E-state index contributed by atoms with van der Waals surface area (Å²) in [5.41, 5.74) is 0. The molecule has 2 rings (SSSR count). The normalized spacial score (nSPS) is 33.3. The number of hydrogen-bond acceptors (Lipinski definition) is 3. The minimum Gasteiger partial charge on any atom is -0.327 e. The van der Waals surface area contributed by atoms with Crippen LogP contribution >= 0.6 is 7.37 Å². The largest absolute Gasteiger partial charge is 0.327 e. The molecular weight excluding hydrogens is 221 g/mol. The van der Waals surface area contributed by atoms with E-state index in [1.165, 1.54) is 19.3 Å². The topological polar surface area (TPSA) is 38.3 Å². The van der Waals surface area contributed by atoms with Crippen molar-refractivity contribution in [3.05, 3.63) is 0 Å². The molecule has 0 bridgehead atoms. The maximum atomic E-state index is 12.9. The van der Waals surface area contributed by atoms with Gasteiger partial charge in [0.1, 0.15) is 0 Å². The molecule has 1 aliphatic heterocycles. The molecule has 4 heteroatoms. The Morgan fingerprint density at radius 3 is 2.75 bits per heavy atom. The van der Waals surface area contributed by atoms with Crippen molar-refractivity contribution in [1.29, 1.82) is 0 Å². The van der Waals surface area contributed by atoms with Gasteiger partial charge in [-0.3, -0.25) is 4.57 Å². The fourth-order valence-electron chi connectivity index (χ4n) is 2.97. The van der Waals surface area contributed by atoms with Crippen LogP contribution in [0, 0.1) is 0 Å². The molecule has 2 aliphatic rings. The van der Waals surface area contributed by atoms with Crippen molar-refractivity contribution < 1.29 is 9.09 Å². The first-order chi connectivity index (χ1) is 7.72. The molecule has 1 atom stereocenters. The van der Waals surface area contributed by atoms with Gasteiger partial charge in [0.05, 0.1) is 11.9 Å². The Kier molecular flexibility index (Phi) is 4.10. The highest BCUT2D eigenvalue weighted by atomic mass is 31.2. The zero-order valence-electron chi connectivity index (χ0n) is 10.3. The molecule has 0 radical (unpaired) electrons. The summed E-state index contributed by atoms with van der Waals surface area (Å²) in [6.07, 6.45) is 8.69. The minimum atomic E-state index is -2.42. The second-order valence-corrected chi connectivity index (χ2v) is 8.01. The third-order valence-corrected chi connectivity index (χ3v) is 7.31. The highest BCUT2D eigenvalue weighted by Crippen LogP contribution is 2.65. The van der Waals surface area contributed by atoms with Gasteiger partial charge in [0.25, 0.3) is 0 Å². The van der Waals surface area contributed by atoms with Crippen molar-refractivity contribution in [1.82, 2.24) is 5.32 Å². The van der Waals surface area contributed by atoms with Gasteiger partial charge in [0.15, 0.2) is 0 Å². The van der Waals surface area contributed by atoms with Crippen LogP contribution in [0.1, 0.15) is 51.9 Å². The Morgan fingerprint density at radius 2 is 2.06 bits per heavy atom. The number of unbranched alkanes of at least 4 members (excludes halogenated alkanes) is 1. The van der Waals surface area contributed by atoms with E-state index in [9.17, 15) is 4.57 Å². The van der Waals surface area contributed by atoms with Crippen LogP contribution in [0.15, 0.2) is 0 Å². The van der Waals surface area contributed by atoms with Crippen LogP contribution in [0.4, 0.5) is 0 Å². The molecule has 1 aliphatic carbocycles. The summed E-state index contributed by atoms with van der Waals surface area (Å²) in [4.78, 5) is 0. The zero-order chi connectivity index (χ0) is 11.5. The van der Waals surface area contributed by atoms with Gasteiger partial charge in [-0.1, -0.05) is 32.6 Å². The highest BCUT2D eigenvalue weighted by molar-refractivity contribution is 7.61. The van der Waals surface area contributed by atoms with Gasteiger partial charge in [0, 0.05) is 12.7 Å². The second kappa shape index (κ2) is 5.20. The standard InChI is InChI=1S/C12H24NO2P/c1-2-3-10-15-16(14)11-9-13-12(16)7-5-4-6-8-12/h13H,2-11H2,1H3. The van der Waals surface area contributed by atoms with E-state index in [0.717, 1.165) is 38.4 Å². The van der Waals surface area contributed by atoms with Gasteiger partial charge in [0.2, 0.25) is 7.37 Å². The van der Waals surface area contributed by atoms with Gasteiger partial charge in [-0.15, -0.1) is 0 Å². The van der Waals surface area contributed by atoms with Gasteiger partial charge in [-0.05, 0) is 19.3 Å². The maximum absolute atomic E-state index is 12.9. The molecule has 1 spiro atoms. The summed E-state index contributed by atoms with van der Waals surface area (Å²) < 4.78 is 18.7. The molecule has 1 unspecified atom stereocenters. The van der Waals surface area contributed by atoms with E-state index >= 15 is 0 Å². The smallest absolute Gasteiger partial charge is 0.223 e. The first-order valence-corrected chi connectivity index (χ1v) is 8.52. The number of nitrogens with one attached hydrogen (secondary N) is 1. The molecule has 1 heterocycles. The zero-order valence-corrected chi connectivity index (χ0v) is 11.2. The molecule has 2 fully saturated rings. The van der Waals surface area contributed by atoms with E-state index < -0.39 is 7.37 Å². The summed E-state index contributed by atoms with van der Waals surface area (Å²) in [5.74, 6) is 0. The van der Waals surface area contributed by atoms with E-state index in [2.05, 4.69) is 12.2 Å². The summed E-state index contributed by atoms with van der Waals surface area (Å²) in [6.45, 7) is 3.70. The van der Waals surface area contributed by atoms with E-state index in [1.807, 2.05) is 0 Å². The predicted octanol–water partition coefficient (Wildman–Crippen LogP) is 3.34. The fraction of sp³-hybridized carbons (Fsp3) is 1.00. The fourth-order valence-corrected chi connectivity index (χ4v) is 5.95. The average Bonchev–Trinajstić information content (AvgIpc) is 2.58. The van der Waals surface area contributed by atoms with Crippen LogP contribution in [-0.4, -0.2) is 24.6 Å². The average molecular weight is 245 g/mol. The minimum absolute atomic E-state index is 0.140. The third kappa shape index (κ3) is 2.23. The summed E-state index contributed by atoms with van der Waals surface area (Å²) in [7, 11) is -2.42. The van der Waals surface area contributed by atoms with Gasteiger partial charge in [-0.25, -0.2) is 0 Å². The second-order valence-electron chi connectivity index (χ2n) is 5.10. The number of hydrogen-bond donors (Lipinski definition) is 1. The Labute approximate surface area is 98.8 Å². The Morgan fingerprint density at radius 1 is 1.31 bits per heavy atom. The van der Waals surface area contributed by atoms with Crippen molar-refractivity contribution in [3.8, 4) is 0 Å². The molecule has 0 aromatic rings. The van der Waals surface area contributed by atoms with Crippen molar-refractivity contribution >= 4 is 7.37 Å². The SMILES string of the molecule is CCCCOP1(=O)CCNC12CCCCC2. The van der Waals surface area contributed by atoms with Crippen molar-refractivity contribution in [2.75, 3.05) is 19.3 Å². The van der Waals surface area contributed by atoms with Crippen LogP contribution in [0.25, 0.3) is 0 Å². The Balaban J connectivity index is 2.02. The van der Waals surface area contributed by atoms with Crippen molar-refractivity contribution in [3.63, 3.8) is 0 Å². The van der Waals surface area contributed by atoms with Crippen molar-refractivity contribution in [2.45, 2.75) is 57.1 Å². The lowest BCUT2D eigenvalue weighted by Gasteiger charge is -2.38. The molecule has 3 nitrogen and oxygen atoms in total. The first-order valence-electron chi connectivity index (χ1n) is 6.71.